The second-order valence-electron chi connectivity index (χ2n) is 10.6. The number of fused-ring (bicyclic) bond motifs is 2. The lowest BCUT2D eigenvalue weighted by atomic mass is 9.68. The van der Waals surface area contributed by atoms with Crippen molar-refractivity contribution in [2.75, 3.05) is 13.7 Å². The maximum absolute atomic E-state index is 13.6. The fraction of sp³-hybridized carbons (Fsp3) is 0.538. The first-order chi connectivity index (χ1) is 16.4. The molecule has 1 aromatic rings. The van der Waals surface area contributed by atoms with Crippen molar-refractivity contribution in [3.63, 3.8) is 0 Å². The molecule has 9 heteroatoms. The van der Waals surface area contributed by atoms with Gasteiger partial charge in [-0.3, -0.25) is 9.69 Å². The molecule has 0 radical (unpaired) electrons. The van der Waals surface area contributed by atoms with Crippen molar-refractivity contribution in [3.05, 3.63) is 53.3 Å². The fourth-order valence-electron chi connectivity index (χ4n) is 5.93. The lowest BCUT2D eigenvalue weighted by molar-refractivity contribution is -0.143. The summed E-state index contributed by atoms with van der Waals surface area (Å²) in [4.78, 5) is 19.7. The maximum Gasteiger partial charge on any atom is 0.416 e. The summed E-state index contributed by atoms with van der Waals surface area (Å²) in [7, 11) is 1.60. The molecule has 3 heterocycles. The Morgan fingerprint density at radius 3 is 2.63 bits per heavy atom. The van der Waals surface area contributed by atoms with E-state index in [1.54, 1.807) is 25.3 Å². The van der Waals surface area contributed by atoms with E-state index in [0.717, 1.165) is 25.0 Å². The summed E-state index contributed by atoms with van der Waals surface area (Å²) < 4.78 is 52.3. The SMILES string of the molecule is CN1C(=O)C2(CC(C3CCOC(C)(C)C3)OC3=CC=C(c4cccc(C(F)(F)F)c4)CC32)N=C1N. The monoisotopic (exact) mass is 489 g/mol. The van der Waals surface area contributed by atoms with Gasteiger partial charge < -0.3 is 15.2 Å². The molecular weight excluding hydrogens is 459 g/mol. The first kappa shape index (κ1) is 23.9. The minimum atomic E-state index is -4.44. The van der Waals surface area contributed by atoms with Crippen molar-refractivity contribution in [3.8, 4) is 0 Å². The molecule has 1 amide bonds. The third-order valence-electron chi connectivity index (χ3n) is 7.75. The quantitative estimate of drug-likeness (QED) is 0.663. The van der Waals surface area contributed by atoms with Crippen LogP contribution in [0.3, 0.4) is 0 Å². The highest BCUT2D eigenvalue weighted by atomic mass is 19.4. The molecule has 2 saturated heterocycles. The minimum absolute atomic E-state index is 0.150. The van der Waals surface area contributed by atoms with Crippen LogP contribution in [-0.2, 0) is 20.4 Å². The molecule has 2 N–H and O–H groups in total. The zero-order chi connectivity index (χ0) is 25.2. The fourth-order valence-corrected chi connectivity index (χ4v) is 5.93. The lowest BCUT2D eigenvalue weighted by Gasteiger charge is -2.48. The number of guanidine groups is 1. The molecule has 188 valence electrons. The van der Waals surface area contributed by atoms with Gasteiger partial charge >= 0.3 is 6.18 Å². The molecule has 1 aromatic carbocycles. The number of allylic oxidation sites excluding steroid dienone is 3. The largest absolute Gasteiger partial charge is 0.494 e. The number of nitrogens with two attached hydrogens (primary N) is 1. The van der Waals surface area contributed by atoms with E-state index in [4.69, 9.17) is 20.2 Å². The third-order valence-corrected chi connectivity index (χ3v) is 7.75. The Labute approximate surface area is 202 Å². The summed E-state index contributed by atoms with van der Waals surface area (Å²) in [6.07, 6.45) is 1.22. The molecule has 0 aromatic heterocycles. The molecule has 1 spiro atoms. The van der Waals surface area contributed by atoms with Crippen molar-refractivity contribution in [1.29, 1.82) is 0 Å². The van der Waals surface area contributed by atoms with Gasteiger partial charge in [-0.2, -0.15) is 13.2 Å². The van der Waals surface area contributed by atoms with Gasteiger partial charge in [0, 0.05) is 26.0 Å². The van der Waals surface area contributed by atoms with Crippen LogP contribution in [0.1, 0.15) is 50.7 Å². The summed E-state index contributed by atoms with van der Waals surface area (Å²) in [6.45, 7) is 4.72. The first-order valence-electron chi connectivity index (χ1n) is 11.9. The van der Waals surface area contributed by atoms with E-state index in [1.807, 2.05) is 0 Å². The summed E-state index contributed by atoms with van der Waals surface area (Å²) in [5.41, 5.74) is 5.15. The van der Waals surface area contributed by atoms with E-state index in [2.05, 4.69) is 13.8 Å². The topological polar surface area (TPSA) is 77.2 Å². The number of alkyl halides is 3. The number of aliphatic imine (C=N–C) groups is 1. The van der Waals surface area contributed by atoms with E-state index < -0.39 is 23.2 Å². The molecule has 2 fully saturated rings. The lowest BCUT2D eigenvalue weighted by Crippen LogP contribution is -2.55. The predicted molar refractivity (Wildman–Crippen MR) is 125 cm³/mol. The Hall–Kier alpha value is -2.81. The predicted octanol–water partition coefficient (Wildman–Crippen LogP) is 4.51. The second kappa shape index (κ2) is 8.11. The highest BCUT2D eigenvalue weighted by Crippen LogP contribution is 2.51. The van der Waals surface area contributed by atoms with Crippen LogP contribution >= 0.6 is 0 Å². The summed E-state index contributed by atoms with van der Waals surface area (Å²) >= 11 is 0. The summed E-state index contributed by atoms with van der Waals surface area (Å²) in [5.74, 6) is 0.327. The number of carbonyl (C=O) groups excluding carboxylic acids is 1. The first-order valence-corrected chi connectivity index (χ1v) is 11.9. The maximum atomic E-state index is 13.6. The Morgan fingerprint density at radius 2 is 1.97 bits per heavy atom. The van der Waals surface area contributed by atoms with Crippen molar-refractivity contribution in [1.82, 2.24) is 4.90 Å². The van der Waals surface area contributed by atoms with Crippen LogP contribution in [-0.4, -0.2) is 47.7 Å². The van der Waals surface area contributed by atoms with Crippen LogP contribution in [0.25, 0.3) is 5.57 Å². The van der Waals surface area contributed by atoms with E-state index in [0.29, 0.717) is 36.3 Å². The number of hydrogen-bond acceptors (Lipinski definition) is 5. The number of rotatable bonds is 2. The van der Waals surface area contributed by atoms with Gasteiger partial charge in [-0.05, 0) is 62.5 Å². The highest BCUT2D eigenvalue weighted by Gasteiger charge is 2.59. The van der Waals surface area contributed by atoms with Crippen LogP contribution < -0.4 is 5.73 Å². The zero-order valence-corrected chi connectivity index (χ0v) is 20.1. The summed E-state index contributed by atoms with van der Waals surface area (Å²) in [5, 5.41) is 0. The van der Waals surface area contributed by atoms with Crippen molar-refractivity contribution in [2.45, 2.75) is 63.0 Å². The van der Waals surface area contributed by atoms with E-state index in [-0.39, 0.29) is 29.5 Å². The highest BCUT2D eigenvalue weighted by molar-refractivity contribution is 6.07. The smallest absolute Gasteiger partial charge is 0.416 e. The Morgan fingerprint density at radius 1 is 1.20 bits per heavy atom. The van der Waals surface area contributed by atoms with Crippen LogP contribution in [0.15, 0.2) is 47.2 Å². The molecular formula is C26H30F3N3O3. The molecule has 0 saturated carbocycles. The van der Waals surface area contributed by atoms with Crippen LogP contribution in [0.2, 0.25) is 0 Å². The Bertz CT molecular complexity index is 1140. The van der Waals surface area contributed by atoms with Gasteiger partial charge in [0.15, 0.2) is 11.5 Å². The number of likely N-dealkylation sites (N-methyl/N-ethyl adjacent to an activating group) is 1. The average Bonchev–Trinajstić information content (AvgIpc) is 3.01. The van der Waals surface area contributed by atoms with E-state index in [1.165, 1.54) is 11.0 Å². The number of benzene rings is 1. The van der Waals surface area contributed by atoms with Crippen LogP contribution in [0.5, 0.6) is 0 Å². The van der Waals surface area contributed by atoms with Gasteiger partial charge in [0.1, 0.15) is 11.9 Å². The number of carbonyl (C=O) groups is 1. The molecule has 4 aliphatic rings. The normalized spacial score (nSPS) is 32.5. The Kier molecular flexibility index (Phi) is 5.54. The van der Waals surface area contributed by atoms with Crippen molar-refractivity contribution >= 4 is 17.4 Å². The van der Waals surface area contributed by atoms with Gasteiger partial charge in [-0.1, -0.05) is 18.2 Å². The third kappa shape index (κ3) is 4.13. The Balaban J connectivity index is 1.53. The summed E-state index contributed by atoms with van der Waals surface area (Å²) in [6, 6.07) is 5.26. The van der Waals surface area contributed by atoms with Crippen LogP contribution in [0.4, 0.5) is 13.2 Å². The van der Waals surface area contributed by atoms with E-state index in [9.17, 15) is 18.0 Å². The van der Waals surface area contributed by atoms with Gasteiger partial charge in [-0.15, -0.1) is 0 Å². The molecule has 3 aliphatic heterocycles. The standard InChI is InChI=1S/C26H30F3N3O3/c1-24(2)13-17(9-10-34-24)21-14-25(22(33)32(3)23(30)31-25)19-12-16(7-8-20(19)35-21)15-5-4-6-18(11-15)26(27,28)29/h4-8,11,17,19,21H,9-10,12-14H2,1-3H3,(H2,30,31). The molecule has 5 rings (SSSR count). The van der Waals surface area contributed by atoms with Gasteiger partial charge in [0.25, 0.3) is 5.91 Å². The number of amides is 1. The van der Waals surface area contributed by atoms with Crippen LogP contribution in [0, 0.1) is 11.8 Å². The van der Waals surface area contributed by atoms with Crippen molar-refractivity contribution in [2.24, 2.45) is 22.6 Å². The number of halogens is 3. The molecule has 6 nitrogen and oxygen atoms in total. The number of hydrogen-bond donors (Lipinski definition) is 1. The number of ether oxygens (including phenoxy) is 2. The van der Waals surface area contributed by atoms with Crippen molar-refractivity contribution < 1.29 is 27.4 Å². The minimum Gasteiger partial charge on any atom is -0.494 e. The second-order valence-corrected chi connectivity index (χ2v) is 10.6. The van der Waals surface area contributed by atoms with Gasteiger partial charge in [0.2, 0.25) is 0 Å². The van der Waals surface area contributed by atoms with Gasteiger partial charge in [-0.25, -0.2) is 4.99 Å². The molecule has 4 unspecified atom stereocenters. The molecule has 4 atom stereocenters. The van der Waals surface area contributed by atoms with E-state index >= 15 is 0 Å². The van der Waals surface area contributed by atoms with Gasteiger partial charge in [0.05, 0.1) is 17.1 Å². The number of nitrogens with zero attached hydrogens (tertiary/aromatic N) is 2. The molecule has 35 heavy (non-hydrogen) atoms. The molecule has 0 bridgehead atoms. The average molecular weight is 490 g/mol. The molecule has 1 aliphatic carbocycles. The zero-order valence-electron chi connectivity index (χ0n) is 20.1.